The molecule has 0 radical (unpaired) electrons. The summed E-state index contributed by atoms with van der Waals surface area (Å²) in [5, 5.41) is 7.88. The number of anilines is 1. The Morgan fingerprint density at radius 3 is 2.65 bits per heavy atom. The Morgan fingerprint density at radius 2 is 1.94 bits per heavy atom. The van der Waals surface area contributed by atoms with Crippen molar-refractivity contribution in [1.82, 2.24) is 14.6 Å². The zero-order valence-corrected chi connectivity index (χ0v) is 18.6. The van der Waals surface area contributed by atoms with Crippen LogP contribution in [-0.2, 0) is 4.74 Å². The average Bonchev–Trinajstić information content (AvgIpc) is 3.20. The largest absolute Gasteiger partial charge is 0.437 e. The molecule has 34 heavy (non-hydrogen) atoms. The van der Waals surface area contributed by atoms with Crippen LogP contribution in [0.5, 0.6) is 11.6 Å². The van der Waals surface area contributed by atoms with E-state index in [1.54, 1.807) is 42.1 Å². The van der Waals surface area contributed by atoms with Gasteiger partial charge >= 0.3 is 0 Å². The van der Waals surface area contributed by atoms with Gasteiger partial charge in [-0.15, -0.1) is 5.10 Å². The molecule has 0 saturated heterocycles. The van der Waals surface area contributed by atoms with Gasteiger partial charge in [0.1, 0.15) is 11.6 Å². The van der Waals surface area contributed by atoms with E-state index in [-0.39, 0.29) is 13.3 Å². The number of ether oxygens (including phenoxy) is 2. The highest BCUT2D eigenvalue weighted by Crippen LogP contribution is 2.31. The van der Waals surface area contributed by atoms with E-state index in [2.05, 4.69) is 15.4 Å². The van der Waals surface area contributed by atoms with Crippen LogP contribution in [0.15, 0.2) is 48.7 Å². The van der Waals surface area contributed by atoms with E-state index in [1.165, 1.54) is 12.1 Å². The quantitative estimate of drug-likeness (QED) is 0.364. The van der Waals surface area contributed by atoms with Gasteiger partial charge in [-0.25, -0.2) is 13.9 Å². The third-order valence-corrected chi connectivity index (χ3v) is 5.22. The number of nitrogens with two attached hydrogens (primary N) is 1. The molecule has 0 aliphatic rings. The molecule has 0 atom stereocenters. The lowest BCUT2D eigenvalue weighted by atomic mass is 10.0. The van der Waals surface area contributed by atoms with Crippen LogP contribution in [0.3, 0.4) is 0 Å². The lowest BCUT2D eigenvalue weighted by Gasteiger charge is -2.13. The molecule has 2 aromatic heterocycles. The predicted octanol–water partition coefficient (Wildman–Crippen LogP) is 4.74. The summed E-state index contributed by atoms with van der Waals surface area (Å²) in [5.41, 5.74) is 10.2. The number of methoxy groups -OCH3 is 1. The molecule has 8 nitrogen and oxygen atoms in total. The summed E-state index contributed by atoms with van der Waals surface area (Å²) in [6.45, 7) is 4.69. The normalized spacial score (nSPS) is 10.7. The first kappa shape index (κ1) is 24.7. The molecule has 0 spiro atoms. The summed E-state index contributed by atoms with van der Waals surface area (Å²) in [4.78, 5) is 16.1. The van der Waals surface area contributed by atoms with Crippen LogP contribution in [0.25, 0.3) is 16.9 Å². The number of aryl methyl sites for hydroxylation is 2. The summed E-state index contributed by atoms with van der Waals surface area (Å²) >= 11 is 0. The number of carbonyl (C=O) groups excluding carboxylic acids is 1. The first-order chi connectivity index (χ1) is 15.9. The Bertz CT molecular complexity index is 1340. The molecule has 2 aromatic carbocycles. The monoisotopic (exact) mass is 465 g/mol. The minimum Gasteiger partial charge on any atom is -0.437 e. The fraction of sp³-hybridized carbons (Fsp3) is 0.240. The number of nitrogens with zero attached hydrogens (tertiary/aromatic N) is 3. The summed E-state index contributed by atoms with van der Waals surface area (Å²) < 4.78 is 26.5. The lowest BCUT2D eigenvalue weighted by molar-refractivity contribution is 0.0999. The maximum Gasteiger partial charge on any atom is 0.248 e. The van der Waals surface area contributed by atoms with Crippen LogP contribution in [0.2, 0.25) is 0 Å². The van der Waals surface area contributed by atoms with Gasteiger partial charge in [0, 0.05) is 36.9 Å². The molecule has 4 rings (SSSR count). The molecular weight excluding hydrogens is 437 g/mol. The molecule has 4 aromatic rings. The maximum absolute atomic E-state index is 13.8. The van der Waals surface area contributed by atoms with Crippen LogP contribution in [-0.4, -0.2) is 40.8 Å². The Kier molecular flexibility index (Phi) is 7.47. The van der Waals surface area contributed by atoms with Gasteiger partial charge in [-0.05, 0) is 43.2 Å². The van der Waals surface area contributed by atoms with Crippen LogP contribution in [0.1, 0.15) is 28.9 Å². The molecule has 1 amide bonds. The van der Waals surface area contributed by atoms with Crippen molar-refractivity contribution in [3.63, 3.8) is 0 Å². The van der Waals surface area contributed by atoms with Crippen LogP contribution in [0, 0.1) is 19.7 Å². The number of aromatic nitrogens is 3. The van der Waals surface area contributed by atoms with E-state index >= 15 is 0 Å². The highest BCUT2D eigenvalue weighted by Gasteiger charge is 2.16. The summed E-state index contributed by atoms with van der Waals surface area (Å²) in [7, 11) is 1.62. The summed E-state index contributed by atoms with van der Waals surface area (Å²) in [6, 6.07) is 11.4. The van der Waals surface area contributed by atoms with Crippen LogP contribution < -0.4 is 15.8 Å². The average molecular weight is 466 g/mol. The van der Waals surface area contributed by atoms with Crippen molar-refractivity contribution >= 4 is 17.2 Å². The van der Waals surface area contributed by atoms with Crippen molar-refractivity contribution in [2.45, 2.75) is 21.3 Å². The molecule has 0 aliphatic heterocycles. The number of halogens is 1. The highest BCUT2D eigenvalue weighted by molar-refractivity contribution is 5.94. The molecule has 0 saturated carbocycles. The van der Waals surface area contributed by atoms with E-state index < -0.39 is 11.7 Å². The Hall–Kier alpha value is -3.98. The standard InChI is InChI=1S/C24H24FN5O3.CH4/c1-14-4-6-17(25)11-21(14)33-22-12-19(27-8-9-32-3)24-28-13-20(30(24)29-22)16-5-7-18(23(26)31)15(2)10-16;/h4-7,10-13,27H,8-9H2,1-3H3,(H2,26,31);1H4. The van der Waals surface area contributed by atoms with Crippen molar-refractivity contribution < 1.29 is 18.7 Å². The smallest absolute Gasteiger partial charge is 0.248 e. The minimum atomic E-state index is -0.485. The number of primary amides is 1. The molecule has 3 N–H and O–H groups in total. The first-order valence-corrected chi connectivity index (χ1v) is 10.3. The predicted molar refractivity (Wildman–Crippen MR) is 130 cm³/mol. The topological polar surface area (TPSA) is 104 Å². The van der Waals surface area contributed by atoms with Crippen LogP contribution in [0.4, 0.5) is 10.1 Å². The Balaban J connectivity index is 0.00000324. The third kappa shape index (κ3) is 4.99. The van der Waals surface area contributed by atoms with Gasteiger partial charge in [0.05, 0.1) is 24.2 Å². The lowest BCUT2D eigenvalue weighted by Crippen LogP contribution is -2.12. The van der Waals surface area contributed by atoms with Crippen molar-refractivity contribution in [2.75, 3.05) is 25.6 Å². The first-order valence-electron chi connectivity index (χ1n) is 10.3. The number of hydrogen-bond acceptors (Lipinski definition) is 6. The fourth-order valence-electron chi connectivity index (χ4n) is 3.51. The van der Waals surface area contributed by atoms with Gasteiger partial charge < -0.3 is 20.5 Å². The molecule has 0 bridgehead atoms. The van der Waals surface area contributed by atoms with E-state index in [4.69, 9.17) is 15.2 Å². The molecule has 0 unspecified atom stereocenters. The van der Waals surface area contributed by atoms with Gasteiger partial charge in [-0.2, -0.15) is 0 Å². The van der Waals surface area contributed by atoms with Gasteiger partial charge in [0.15, 0.2) is 5.65 Å². The zero-order chi connectivity index (χ0) is 23.5. The second-order valence-electron chi connectivity index (χ2n) is 7.60. The Labute approximate surface area is 197 Å². The van der Waals surface area contributed by atoms with Crippen LogP contribution >= 0.6 is 0 Å². The number of benzene rings is 2. The molecule has 9 heteroatoms. The van der Waals surface area contributed by atoms with Gasteiger partial charge in [0.2, 0.25) is 11.8 Å². The van der Waals surface area contributed by atoms with Gasteiger partial charge in [-0.1, -0.05) is 19.6 Å². The summed E-state index contributed by atoms with van der Waals surface area (Å²) in [6.07, 6.45) is 1.69. The number of imidazole rings is 1. The maximum atomic E-state index is 13.8. The summed E-state index contributed by atoms with van der Waals surface area (Å²) in [5.74, 6) is -0.251. The zero-order valence-electron chi connectivity index (χ0n) is 18.6. The van der Waals surface area contributed by atoms with Gasteiger partial charge in [0.25, 0.3) is 0 Å². The highest BCUT2D eigenvalue weighted by atomic mass is 19.1. The number of hydrogen-bond donors (Lipinski definition) is 2. The number of rotatable bonds is 8. The van der Waals surface area contributed by atoms with E-state index in [0.29, 0.717) is 41.5 Å². The van der Waals surface area contributed by atoms with Crippen molar-refractivity contribution in [1.29, 1.82) is 0 Å². The number of amides is 1. The SMILES string of the molecule is C.COCCNc1cc(Oc2cc(F)ccc2C)nn2c(-c3ccc(C(N)=O)c(C)c3)cnc12. The molecule has 0 aliphatic carbocycles. The fourth-order valence-corrected chi connectivity index (χ4v) is 3.51. The Morgan fingerprint density at radius 1 is 1.15 bits per heavy atom. The van der Waals surface area contributed by atoms with E-state index in [0.717, 1.165) is 16.7 Å². The minimum absolute atomic E-state index is 0. The van der Waals surface area contributed by atoms with Crippen molar-refractivity contribution in [2.24, 2.45) is 5.73 Å². The molecular formula is C25H28FN5O3. The molecule has 2 heterocycles. The third-order valence-electron chi connectivity index (χ3n) is 5.22. The number of carbonyl (C=O) groups is 1. The van der Waals surface area contributed by atoms with E-state index in [9.17, 15) is 9.18 Å². The second kappa shape index (κ2) is 10.3. The van der Waals surface area contributed by atoms with E-state index in [1.807, 2.05) is 19.9 Å². The van der Waals surface area contributed by atoms with Gasteiger partial charge in [-0.3, -0.25) is 4.79 Å². The molecule has 0 fully saturated rings. The number of nitrogens with one attached hydrogen (secondary N) is 1. The number of fused-ring (bicyclic) bond motifs is 1. The second-order valence-corrected chi connectivity index (χ2v) is 7.60. The van der Waals surface area contributed by atoms with Crippen molar-refractivity contribution in [3.05, 3.63) is 71.2 Å². The molecule has 178 valence electrons. The van der Waals surface area contributed by atoms with Crippen molar-refractivity contribution in [3.8, 4) is 22.9 Å².